The molecule has 0 aromatic heterocycles. The fourth-order valence-electron chi connectivity index (χ4n) is 2.08. The number of likely N-dealkylation sites (tertiary alicyclic amines) is 1. The first-order chi connectivity index (χ1) is 6.72. The zero-order valence-electron chi connectivity index (χ0n) is 9.07. The van der Waals surface area contributed by atoms with E-state index in [-0.39, 0.29) is 6.04 Å². The average molecular weight is 196 g/mol. The Morgan fingerprint density at radius 1 is 1.71 bits per heavy atom. The first-order valence-corrected chi connectivity index (χ1v) is 5.17. The van der Waals surface area contributed by atoms with Crippen molar-refractivity contribution < 1.29 is 4.74 Å². The molecule has 0 radical (unpaired) electrons. The molecule has 0 aromatic rings. The fourth-order valence-corrected chi connectivity index (χ4v) is 2.08. The number of rotatable bonds is 3. The topological polar surface area (TPSA) is 38.5 Å². The molecule has 1 fully saturated rings. The Bertz CT molecular complexity index is 212. The number of hydrogen-bond acceptors (Lipinski definition) is 3. The number of methoxy groups -OCH3 is 1. The number of terminal acetylenes is 1. The number of piperidine rings is 1. The van der Waals surface area contributed by atoms with E-state index in [0.717, 1.165) is 19.4 Å². The number of ether oxygens (including phenoxy) is 1. The molecule has 0 saturated carbocycles. The Kier molecular flexibility index (Phi) is 4.40. The zero-order chi connectivity index (χ0) is 10.6. The summed E-state index contributed by atoms with van der Waals surface area (Å²) in [6.45, 7) is 3.70. The van der Waals surface area contributed by atoms with E-state index in [1.807, 2.05) is 0 Å². The first-order valence-electron chi connectivity index (χ1n) is 5.17. The van der Waals surface area contributed by atoms with Crippen LogP contribution in [0.4, 0.5) is 0 Å². The third kappa shape index (κ3) is 2.48. The van der Waals surface area contributed by atoms with Gasteiger partial charge in [0.15, 0.2) is 0 Å². The third-order valence-electron chi connectivity index (χ3n) is 3.06. The molecule has 3 unspecified atom stereocenters. The van der Waals surface area contributed by atoms with Gasteiger partial charge >= 0.3 is 0 Å². The van der Waals surface area contributed by atoms with Crippen LogP contribution < -0.4 is 5.73 Å². The van der Waals surface area contributed by atoms with E-state index < -0.39 is 0 Å². The molecule has 1 aliphatic heterocycles. The van der Waals surface area contributed by atoms with Crippen LogP contribution in [-0.4, -0.2) is 43.3 Å². The quantitative estimate of drug-likeness (QED) is 0.666. The molecule has 2 N–H and O–H groups in total. The molecule has 0 spiro atoms. The Morgan fingerprint density at radius 3 is 2.93 bits per heavy atom. The summed E-state index contributed by atoms with van der Waals surface area (Å²) in [4.78, 5) is 2.30. The molecule has 0 aliphatic carbocycles. The number of hydrogen-bond donors (Lipinski definition) is 1. The van der Waals surface area contributed by atoms with Crippen LogP contribution in [-0.2, 0) is 4.74 Å². The van der Waals surface area contributed by atoms with Crippen molar-refractivity contribution in [2.45, 2.75) is 38.0 Å². The Labute approximate surface area is 86.6 Å². The average Bonchev–Trinajstić information content (AvgIpc) is 2.27. The summed E-state index contributed by atoms with van der Waals surface area (Å²) in [5.74, 6) is 2.76. The molecule has 1 saturated heterocycles. The molecular weight excluding hydrogens is 176 g/mol. The molecule has 80 valence electrons. The summed E-state index contributed by atoms with van der Waals surface area (Å²) in [6, 6.07) is 0.557. The summed E-state index contributed by atoms with van der Waals surface area (Å²) in [6.07, 6.45) is 7.83. The van der Waals surface area contributed by atoms with Gasteiger partial charge in [-0.3, -0.25) is 4.90 Å². The van der Waals surface area contributed by atoms with Crippen molar-refractivity contribution in [3.8, 4) is 12.3 Å². The highest BCUT2D eigenvalue weighted by Crippen LogP contribution is 2.20. The maximum absolute atomic E-state index is 5.74. The second-order valence-electron chi connectivity index (χ2n) is 3.85. The van der Waals surface area contributed by atoms with Gasteiger partial charge in [0.2, 0.25) is 0 Å². The highest BCUT2D eigenvalue weighted by molar-refractivity contribution is 5.00. The van der Waals surface area contributed by atoms with Gasteiger partial charge in [0.25, 0.3) is 0 Å². The van der Waals surface area contributed by atoms with Crippen molar-refractivity contribution in [2.75, 3.05) is 20.2 Å². The fraction of sp³-hybridized carbons (Fsp3) is 0.818. The van der Waals surface area contributed by atoms with Crippen LogP contribution in [0.3, 0.4) is 0 Å². The Hall–Kier alpha value is -0.560. The van der Waals surface area contributed by atoms with E-state index in [0.29, 0.717) is 18.7 Å². The van der Waals surface area contributed by atoms with Gasteiger partial charge in [-0.15, -0.1) is 6.42 Å². The van der Waals surface area contributed by atoms with E-state index in [1.54, 1.807) is 7.11 Å². The summed E-state index contributed by atoms with van der Waals surface area (Å²) in [5.41, 5.74) is 5.74. The molecular formula is C11H20N2O. The largest absolute Gasteiger partial charge is 0.381 e. The van der Waals surface area contributed by atoms with Crippen LogP contribution in [0.25, 0.3) is 0 Å². The minimum absolute atomic E-state index is 0.182. The smallest absolute Gasteiger partial charge is 0.0686 e. The maximum Gasteiger partial charge on any atom is 0.0686 e. The SMILES string of the molecule is C#CC(C)N1CCC(OC)CC1CN. The standard InChI is InChI=1S/C11H20N2O/c1-4-9(2)13-6-5-11(14-3)7-10(13)8-12/h1,9-11H,5-8,12H2,2-3H3. The van der Waals surface area contributed by atoms with Gasteiger partial charge in [0.05, 0.1) is 12.1 Å². The van der Waals surface area contributed by atoms with Crippen LogP contribution in [0.1, 0.15) is 19.8 Å². The number of nitrogens with two attached hydrogens (primary N) is 1. The van der Waals surface area contributed by atoms with E-state index in [9.17, 15) is 0 Å². The lowest BCUT2D eigenvalue weighted by Gasteiger charge is -2.40. The molecule has 1 aliphatic rings. The van der Waals surface area contributed by atoms with Crippen LogP contribution in [0.5, 0.6) is 0 Å². The molecule has 3 atom stereocenters. The van der Waals surface area contributed by atoms with Gasteiger partial charge in [-0.05, 0) is 19.8 Å². The monoisotopic (exact) mass is 196 g/mol. The summed E-state index contributed by atoms with van der Waals surface area (Å²) in [5, 5.41) is 0. The predicted molar refractivity (Wildman–Crippen MR) is 57.9 cm³/mol. The molecule has 0 bridgehead atoms. The van der Waals surface area contributed by atoms with Gasteiger partial charge in [-0.1, -0.05) is 5.92 Å². The molecule has 1 heterocycles. The summed E-state index contributed by atoms with van der Waals surface area (Å²) < 4.78 is 5.35. The lowest BCUT2D eigenvalue weighted by molar-refractivity contribution is 0.00710. The second-order valence-corrected chi connectivity index (χ2v) is 3.85. The van der Waals surface area contributed by atoms with Crippen molar-refractivity contribution in [3.63, 3.8) is 0 Å². The van der Waals surface area contributed by atoms with Crippen LogP contribution in [0.15, 0.2) is 0 Å². The second kappa shape index (κ2) is 5.35. The normalized spacial score (nSPS) is 31.0. The van der Waals surface area contributed by atoms with E-state index in [1.165, 1.54) is 0 Å². The summed E-state index contributed by atoms with van der Waals surface area (Å²) >= 11 is 0. The molecule has 3 heteroatoms. The van der Waals surface area contributed by atoms with Gasteiger partial charge in [-0.2, -0.15) is 0 Å². The van der Waals surface area contributed by atoms with Crippen LogP contribution >= 0.6 is 0 Å². The predicted octanol–water partition coefficient (Wildman–Crippen LogP) is 0.446. The van der Waals surface area contributed by atoms with Crippen LogP contribution in [0, 0.1) is 12.3 Å². The van der Waals surface area contributed by atoms with E-state index in [2.05, 4.69) is 17.7 Å². The molecule has 14 heavy (non-hydrogen) atoms. The first kappa shape index (κ1) is 11.5. The molecule has 0 amide bonds. The Balaban J connectivity index is 2.57. The lowest BCUT2D eigenvalue weighted by atomic mass is 9.97. The van der Waals surface area contributed by atoms with Crippen molar-refractivity contribution in [1.29, 1.82) is 0 Å². The minimum atomic E-state index is 0.182. The van der Waals surface area contributed by atoms with E-state index >= 15 is 0 Å². The lowest BCUT2D eigenvalue weighted by Crippen LogP contribution is -2.51. The highest BCUT2D eigenvalue weighted by Gasteiger charge is 2.29. The van der Waals surface area contributed by atoms with Crippen molar-refractivity contribution in [1.82, 2.24) is 4.90 Å². The Morgan fingerprint density at radius 2 is 2.43 bits per heavy atom. The highest BCUT2D eigenvalue weighted by atomic mass is 16.5. The van der Waals surface area contributed by atoms with Gasteiger partial charge in [0, 0.05) is 26.2 Å². The van der Waals surface area contributed by atoms with Crippen LogP contribution in [0.2, 0.25) is 0 Å². The summed E-state index contributed by atoms with van der Waals surface area (Å²) in [7, 11) is 1.76. The maximum atomic E-state index is 5.74. The molecule has 1 rings (SSSR count). The van der Waals surface area contributed by atoms with Crippen molar-refractivity contribution in [2.24, 2.45) is 5.73 Å². The zero-order valence-corrected chi connectivity index (χ0v) is 9.07. The van der Waals surface area contributed by atoms with Gasteiger partial charge in [-0.25, -0.2) is 0 Å². The van der Waals surface area contributed by atoms with Crippen molar-refractivity contribution >= 4 is 0 Å². The molecule has 3 nitrogen and oxygen atoms in total. The minimum Gasteiger partial charge on any atom is -0.381 e. The number of nitrogens with zero attached hydrogens (tertiary/aromatic N) is 1. The van der Waals surface area contributed by atoms with Gasteiger partial charge in [0.1, 0.15) is 0 Å². The molecule has 0 aromatic carbocycles. The van der Waals surface area contributed by atoms with Gasteiger partial charge < -0.3 is 10.5 Å². The third-order valence-corrected chi connectivity index (χ3v) is 3.06. The van der Waals surface area contributed by atoms with E-state index in [4.69, 9.17) is 16.9 Å². The van der Waals surface area contributed by atoms with Crippen molar-refractivity contribution in [3.05, 3.63) is 0 Å².